The molecule has 1 heterocycles. The van der Waals surface area contributed by atoms with Crippen molar-refractivity contribution in [3.8, 4) is 0 Å². The van der Waals surface area contributed by atoms with Crippen molar-refractivity contribution in [2.24, 2.45) is 5.73 Å². The number of carbonyl (C=O) groups excluding carboxylic acids is 2. The summed E-state index contributed by atoms with van der Waals surface area (Å²) in [5, 5.41) is 2.80. The molecular formula is C15H20N2O3. The molecule has 1 aliphatic rings. The molecule has 108 valence electrons. The maximum atomic E-state index is 11.8. The molecule has 1 aromatic carbocycles. The minimum atomic E-state index is -0.475. The lowest BCUT2D eigenvalue weighted by Gasteiger charge is -2.22. The first kappa shape index (κ1) is 14.5. The van der Waals surface area contributed by atoms with Gasteiger partial charge in [-0.3, -0.25) is 9.59 Å². The molecule has 1 saturated heterocycles. The van der Waals surface area contributed by atoms with Gasteiger partial charge in [0.2, 0.25) is 11.8 Å². The van der Waals surface area contributed by atoms with Gasteiger partial charge in [-0.25, -0.2) is 0 Å². The number of anilines is 1. The fraction of sp³-hybridized carbons (Fsp3) is 0.467. The Kier molecular flexibility index (Phi) is 5.12. The van der Waals surface area contributed by atoms with E-state index in [4.69, 9.17) is 10.5 Å². The first-order valence-corrected chi connectivity index (χ1v) is 6.96. The van der Waals surface area contributed by atoms with Gasteiger partial charge in [0, 0.05) is 24.3 Å². The van der Waals surface area contributed by atoms with Crippen LogP contribution in [-0.2, 0) is 9.53 Å². The van der Waals surface area contributed by atoms with Crippen molar-refractivity contribution in [3.05, 3.63) is 29.8 Å². The van der Waals surface area contributed by atoms with Crippen LogP contribution in [0.1, 0.15) is 42.5 Å². The summed E-state index contributed by atoms with van der Waals surface area (Å²) < 4.78 is 5.59. The first-order valence-electron chi connectivity index (χ1n) is 6.96. The molecule has 5 heteroatoms. The molecule has 0 radical (unpaired) electrons. The maximum Gasteiger partial charge on any atom is 0.248 e. The molecule has 1 aromatic rings. The number of nitrogens with one attached hydrogen (secondary N) is 1. The average Bonchev–Trinajstić information content (AvgIpc) is 2.47. The minimum Gasteiger partial charge on any atom is -0.378 e. The normalized spacial score (nSPS) is 18.5. The van der Waals surface area contributed by atoms with E-state index < -0.39 is 5.91 Å². The summed E-state index contributed by atoms with van der Waals surface area (Å²) in [6.45, 7) is 0.806. The zero-order chi connectivity index (χ0) is 14.4. The second-order valence-corrected chi connectivity index (χ2v) is 5.02. The lowest BCUT2D eigenvalue weighted by Crippen LogP contribution is -2.21. The largest absolute Gasteiger partial charge is 0.378 e. The molecule has 1 atom stereocenters. The minimum absolute atomic E-state index is 0.0361. The highest BCUT2D eigenvalue weighted by atomic mass is 16.5. The van der Waals surface area contributed by atoms with Gasteiger partial charge >= 0.3 is 0 Å². The number of hydrogen-bond acceptors (Lipinski definition) is 3. The Hall–Kier alpha value is -1.88. The van der Waals surface area contributed by atoms with Gasteiger partial charge in [0.1, 0.15) is 0 Å². The molecule has 5 nitrogen and oxygen atoms in total. The van der Waals surface area contributed by atoms with E-state index in [0.717, 1.165) is 25.9 Å². The number of benzene rings is 1. The van der Waals surface area contributed by atoms with Crippen LogP contribution in [0, 0.1) is 0 Å². The maximum absolute atomic E-state index is 11.8. The molecule has 0 spiro atoms. The van der Waals surface area contributed by atoms with Gasteiger partial charge in [-0.05, 0) is 49.9 Å². The van der Waals surface area contributed by atoms with Crippen LogP contribution in [0.4, 0.5) is 5.69 Å². The van der Waals surface area contributed by atoms with Crippen molar-refractivity contribution >= 4 is 17.5 Å². The third-order valence-electron chi connectivity index (χ3n) is 3.42. The van der Waals surface area contributed by atoms with Crippen molar-refractivity contribution in [1.82, 2.24) is 0 Å². The van der Waals surface area contributed by atoms with Crippen molar-refractivity contribution < 1.29 is 14.3 Å². The van der Waals surface area contributed by atoms with E-state index in [1.807, 2.05) is 0 Å². The Morgan fingerprint density at radius 2 is 2.00 bits per heavy atom. The molecule has 0 unspecified atom stereocenters. The molecule has 0 aliphatic carbocycles. The quantitative estimate of drug-likeness (QED) is 0.863. The Bertz CT molecular complexity index is 465. The highest BCUT2D eigenvalue weighted by Crippen LogP contribution is 2.17. The lowest BCUT2D eigenvalue weighted by molar-refractivity contribution is -0.117. The van der Waals surface area contributed by atoms with E-state index in [1.54, 1.807) is 24.3 Å². The van der Waals surface area contributed by atoms with Crippen molar-refractivity contribution in [1.29, 1.82) is 0 Å². The van der Waals surface area contributed by atoms with Crippen LogP contribution in [-0.4, -0.2) is 24.5 Å². The first-order chi connectivity index (χ1) is 9.65. The predicted octanol–water partition coefficient (Wildman–Crippen LogP) is 2.07. The van der Waals surface area contributed by atoms with Crippen molar-refractivity contribution in [2.45, 2.75) is 38.2 Å². The fourth-order valence-corrected chi connectivity index (χ4v) is 2.27. The summed E-state index contributed by atoms with van der Waals surface area (Å²) in [6, 6.07) is 6.55. The van der Waals surface area contributed by atoms with Gasteiger partial charge in [0.05, 0.1) is 6.10 Å². The molecule has 1 fully saturated rings. The standard InChI is InChI=1S/C15H20N2O3/c16-15(19)11-4-6-12(7-5-11)17-14(18)9-8-13-3-1-2-10-20-13/h4-7,13H,1-3,8-10H2,(H2,16,19)(H,17,18)/t13-/m0/s1. The zero-order valence-electron chi connectivity index (χ0n) is 11.4. The summed E-state index contributed by atoms with van der Waals surface area (Å²) >= 11 is 0. The van der Waals surface area contributed by atoms with E-state index in [1.165, 1.54) is 6.42 Å². The van der Waals surface area contributed by atoms with Crippen LogP contribution in [0.2, 0.25) is 0 Å². The SMILES string of the molecule is NC(=O)c1ccc(NC(=O)CC[C@@H]2CCCCO2)cc1. The Balaban J connectivity index is 1.77. The van der Waals surface area contributed by atoms with E-state index in [0.29, 0.717) is 17.7 Å². The third kappa shape index (κ3) is 4.35. The van der Waals surface area contributed by atoms with Crippen LogP contribution in [0.3, 0.4) is 0 Å². The molecule has 20 heavy (non-hydrogen) atoms. The smallest absolute Gasteiger partial charge is 0.248 e. The van der Waals surface area contributed by atoms with Crippen LogP contribution in [0.25, 0.3) is 0 Å². The molecule has 0 bridgehead atoms. The lowest BCUT2D eigenvalue weighted by atomic mass is 10.0. The van der Waals surface area contributed by atoms with Gasteiger partial charge in [-0.2, -0.15) is 0 Å². The number of rotatable bonds is 5. The van der Waals surface area contributed by atoms with Gasteiger partial charge in [0.15, 0.2) is 0 Å². The number of hydrogen-bond donors (Lipinski definition) is 2. The van der Waals surface area contributed by atoms with Crippen LogP contribution >= 0.6 is 0 Å². The van der Waals surface area contributed by atoms with E-state index in [2.05, 4.69) is 5.32 Å². The van der Waals surface area contributed by atoms with Crippen LogP contribution < -0.4 is 11.1 Å². The summed E-state index contributed by atoms with van der Waals surface area (Å²) in [4.78, 5) is 22.7. The molecule has 3 N–H and O–H groups in total. The van der Waals surface area contributed by atoms with E-state index in [-0.39, 0.29) is 12.0 Å². The molecule has 1 aliphatic heterocycles. The number of amides is 2. The van der Waals surface area contributed by atoms with E-state index in [9.17, 15) is 9.59 Å². The molecule has 0 aromatic heterocycles. The van der Waals surface area contributed by atoms with Gasteiger partial charge in [-0.1, -0.05) is 0 Å². The topological polar surface area (TPSA) is 81.4 Å². The highest BCUT2D eigenvalue weighted by molar-refractivity contribution is 5.94. The summed E-state index contributed by atoms with van der Waals surface area (Å²) in [5.74, 6) is -0.511. The highest BCUT2D eigenvalue weighted by Gasteiger charge is 2.15. The van der Waals surface area contributed by atoms with Crippen LogP contribution in [0.5, 0.6) is 0 Å². The average molecular weight is 276 g/mol. The zero-order valence-corrected chi connectivity index (χ0v) is 11.4. The number of primary amides is 1. The second kappa shape index (κ2) is 7.05. The second-order valence-electron chi connectivity index (χ2n) is 5.02. The fourth-order valence-electron chi connectivity index (χ4n) is 2.27. The molecule has 2 rings (SSSR count). The third-order valence-corrected chi connectivity index (χ3v) is 3.42. The molecule has 2 amide bonds. The van der Waals surface area contributed by atoms with Crippen LogP contribution in [0.15, 0.2) is 24.3 Å². The van der Waals surface area contributed by atoms with Gasteiger partial charge in [-0.15, -0.1) is 0 Å². The van der Waals surface area contributed by atoms with Gasteiger partial charge < -0.3 is 15.8 Å². The predicted molar refractivity (Wildman–Crippen MR) is 76.4 cm³/mol. The van der Waals surface area contributed by atoms with Crippen molar-refractivity contribution in [3.63, 3.8) is 0 Å². The number of carbonyl (C=O) groups is 2. The Morgan fingerprint density at radius 1 is 1.25 bits per heavy atom. The monoisotopic (exact) mass is 276 g/mol. The number of ether oxygens (including phenoxy) is 1. The van der Waals surface area contributed by atoms with E-state index >= 15 is 0 Å². The van der Waals surface area contributed by atoms with Gasteiger partial charge in [0.25, 0.3) is 0 Å². The summed E-state index contributed by atoms with van der Waals surface area (Å²) in [5.41, 5.74) is 6.26. The molecular weight excluding hydrogens is 256 g/mol. The molecule has 0 saturated carbocycles. The Morgan fingerprint density at radius 3 is 2.60 bits per heavy atom. The van der Waals surface area contributed by atoms with Crippen molar-refractivity contribution in [2.75, 3.05) is 11.9 Å². The Labute approximate surface area is 118 Å². The summed E-state index contributed by atoms with van der Waals surface area (Å²) in [7, 11) is 0. The summed E-state index contributed by atoms with van der Waals surface area (Å²) in [6.07, 6.45) is 4.76. The number of nitrogens with two attached hydrogens (primary N) is 1.